The number of aromatic nitrogens is 1. The van der Waals surface area contributed by atoms with Crippen LogP contribution in [0.25, 0.3) is 0 Å². The second-order valence-corrected chi connectivity index (χ2v) is 8.88. The number of carbonyl (C=O) groups is 3. The molecule has 3 aromatic rings. The van der Waals surface area contributed by atoms with Crippen molar-refractivity contribution in [2.45, 2.75) is 25.8 Å². The number of nitrogens with one attached hydrogen (secondary N) is 3. The Morgan fingerprint density at radius 1 is 0.944 bits per heavy atom. The van der Waals surface area contributed by atoms with E-state index in [-0.39, 0.29) is 29.0 Å². The van der Waals surface area contributed by atoms with Crippen LogP contribution in [0.2, 0.25) is 5.02 Å². The van der Waals surface area contributed by atoms with Crippen molar-refractivity contribution in [2.75, 3.05) is 29.0 Å². The lowest BCUT2D eigenvalue weighted by Gasteiger charge is -2.22. The van der Waals surface area contributed by atoms with E-state index in [0.29, 0.717) is 16.3 Å². The molecule has 1 atom stereocenters. The molecule has 0 aliphatic carbocycles. The molecule has 1 aromatic heterocycles. The largest absolute Gasteiger partial charge is 0.325 e. The highest BCUT2D eigenvalue weighted by atomic mass is 35.5. The lowest BCUT2D eigenvalue weighted by Crippen LogP contribution is -2.40. The number of amides is 3. The van der Waals surface area contributed by atoms with Crippen LogP contribution in [0.5, 0.6) is 0 Å². The van der Waals surface area contributed by atoms with Crippen molar-refractivity contribution in [3.63, 3.8) is 0 Å². The summed E-state index contributed by atoms with van der Waals surface area (Å²) >= 11 is 5.81. The third kappa shape index (κ3) is 6.24. The zero-order valence-electron chi connectivity index (χ0n) is 19.6. The topological polar surface area (TPSA) is 103 Å². The lowest BCUT2D eigenvalue weighted by atomic mass is 10.1. The Bertz CT molecular complexity index is 1260. The molecule has 10 heteroatoms. The normalized spacial score (nSPS) is 14.2. The first kappa shape index (κ1) is 25.3. The Labute approximate surface area is 212 Å². The summed E-state index contributed by atoms with van der Waals surface area (Å²) in [6, 6.07) is 12.7. The smallest absolute Gasteiger partial charge is 0.259 e. The molecule has 3 amide bonds. The monoisotopic (exact) mass is 509 g/mol. The number of benzene rings is 2. The molecule has 0 saturated carbocycles. The molecule has 3 N–H and O–H groups in total. The molecule has 186 valence electrons. The zero-order valence-corrected chi connectivity index (χ0v) is 20.3. The summed E-state index contributed by atoms with van der Waals surface area (Å²) < 4.78 is 13.9. The first-order valence-electron chi connectivity index (χ1n) is 11.5. The Morgan fingerprint density at radius 3 is 2.33 bits per heavy atom. The minimum atomic E-state index is -0.648. The summed E-state index contributed by atoms with van der Waals surface area (Å²) in [6.45, 7) is 3.70. The van der Waals surface area contributed by atoms with Gasteiger partial charge in [-0.2, -0.15) is 0 Å². The highest BCUT2D eigenvalue weighted by Crippen LogP contribution is 2.21. The maximum absolute atomic E-state index is 13.9. The van der Waals surface area contributed by atoms with E-state index in [1.165, 1.54) is 18.3 Å². The fraction of sp³-hybridized carbons (Fsp3) is 0.231. The average Bonchev–Trinajstić information content (AvgIpc) is 3.41. The SMILES string of the molecule is CC(C(=O)Nc1ccc(C(=O)Nc2ccc(F)cc2C(=O)Nc2ccc(Cl)cn2)cc1)N1CCCC1. The lowest BCUT2D eigenvalue weighted by molar-refractivity contribution is -0.120. The fourth-order valence-corrected chi connectivity index (χ4v) is 4.00. The van der Waals surface area contributed by atoms with Gasteiger partial charge in [0.15, 0.2) is 0 Å². The molecule has 2 aromatic carbocycles. The molecule has 1 saturated heterocycles. The number of rotatable bonds is 7. The van der Waals surface area contributed by atoms with Crippen LogP contribution in [-0.2, 0) is 4.79 Å². The molecular weight excluding hydrogens is 485 g/mol. The van der Waals surface area contributed by atoms with E-state index in [1.54, 1.807) is 30.3 Å². The third-order valence-electron chi connectivity index (χ3n) is 5.93. The van der Waals surface area contributed by atoms with E-state index >= 15 is 0 Å². The van der Waals surface area contributed by atoms with Crippen LogP contribution in [0.3, 0.4) is 0 Å². The molecule has 8 nitrogen and oxygen atoms in total. The van der Waals surface area contributed by atoms with Crippen LogP contribution >= 0.6 is 11.6 Å². The minimum absolute atomic E-state index is 0.0696. The van der Waals surface area contributed by atoms with Gasteiger partial charge in [0.2, 0.25) is 5.91 Å². The van der Waals surface area contributed by atoms with Gasteiger partial charge in [0.05, 0.1) is 22.3 Å². The van der Waals surface area contributed by atoms with Gasteiger partial charge in [0.25, 0.3) is 11.8 Å². The quantitative estimate of drug-likeness (QED) is 0.424. The Morgan fingerprint density at radius 2 is 1.67 bits per heavy atom. The van der Waals surface area contributed by atoms with Gasteiger partial charge >= 0.3 is 0 Å². The summed E-state index contributed by atoms with van der Waals surface area (Å²) in [4.78, 5) is 44.2. The van der Waals surface area contributed by atoms with Crippen LogP contribution in [0.15, 0.2) is 60.8 Å². The van der Waals surface area contributed by atoms with Crippen molar-refractivity contribution in [3.8, 4) is 0 Å². The summed E-state index contributed by atoms with van der Waals surface area (Å²) in [7, 11) is 0. The van der Waals surface area contributed by atoms with Crippen molar-refractivity contribution < 1.29 is 18.8 Å². The average molecular weight is 510 g/mol. The third-order valence-corrected chi connectivity index (χ3v) is 6.15. The summed E-state index contributed by atoms with van der Waals surface area (Å²) in [5.74, 6) is -1.66. The Kier molecular flexibility index (Phi) is 7.92. The molecule has 0 bridgehead atoms. The van der Waals surface area contributed by atoms with Crippen molar-refractivity contribution in [1.29, 1.82) is 0 Å². The van der Waals surface area contributed by atoms with Gasteiger partial charge in [-0.25, -0.2) is 9.37 Å². The first-order chi connectivity index (χ1) is 17.3. The van der Waals surface area contributed by atoms with E-state index in [2.05, 4.69) is 25.8 Å². The molecule has 1 unspecified atom stereocenters. The van der Waals surface area contributed by atoms with Crippen molar-refractivity contribution in [1.82, 2.24) is 9.88 Å². The number of anilines is 3. The molecule has 1 fully saturated rings. The summed E-state index contributed by atoms with van der Waals surface area (Å²) in [6.07, 6.45) is 3.55. The van der Waals surface area contributed by atoms with Gasteiger partial charge in [-0.15, -0.1) is 0 Å². The van der Waals surface area contributed by atoms with Gasteiger partial charge in [0, 0.05) is 17.4 Å². The van der Waals surface area contributed by atoms with Gasteiger partial charge in [0.1, 0.15) is 11.6 Å². The molecule has 0 spiro atoms. The number of carbonyl (C=O) groups excluding carboxylic acids is 3. The van der Waals surface area contributed by atoms with E-state index in [4.69, 9.17) is 11.6 Å². The predicted octanol–water partition coefficient (Wildman–Crippen LogP) is 4.80. The molecule has 36 heavy (non-hydrogen) atoms. The molecule has 1 aliphatic rings. The number of pyridine rings is 1. The maximum Gasteiger partial charge on any atom is 0.259 e. The standard InChI is InChI=1S/C26H25ClFN5O3/c1-16(33-12-2-3-13-33)24(34)30-20-8-4-17(5-9-20)25(35)31-22-10-7-19(28)14-21(22)26(36)32-23-11-6-18(27)15-29-23/h4-11,14-16H,2-3,12-13H2,1H3,(H,30,34)(H,31,35)(H,29,32,36). The van der Waals surface area contributed by atoms with E-state index in [9.17, 15) is 18.8 Å². The first-order valence-corrected chi connectivity index (χ1v) is 11.9. The van der Waals surface area contributed by atoms with E-state index in [1.807, 2.05) is 6.92 Å². The van der Waals surface area contributed by atoms with Crippen LogP contribution in [0.1, 0.15) is 40.5 Å². The Hall–Kier alpha value is -3.82. The fourth-order valence-electron chi connectivity index (χ4n) is 3.89. The molecule has 1 aliphatic heterocycles. The van der Waals surface area contributed by atoms with Crippen LogP contribution in [0, 0.1) is 5.82 Å². The number of nitrogens with zero attached hydrogens (tertiary/aromatic N) is 2. The summed E-state index contributed by atoms with van der Waals surface area (Å²) in [5, 5.41) is 8.47. The highest BCUT2D eigenvalue weighted by Gasteiger charge is 2.24. The van der Waals surface area contributed by atoms with E-state index < -0.39 is 17.6 Å². The van der Waals surface area contributed by atoms with Crippen LogP contribution < -0.4 is 16.0 Å². The number of halogens is 2. The molecule has 0 radical (unpaired) electrons. The van der Waals surface area contributed by atoms with Gasteiger partial charge in [-0.1, -0.05) is 11.6 Å². The van der Waals surface area contributed by atoms with Gasteiger partial charge < -0.3 is 16.0 Å². The van der Waals surface area contributed by atoms with Gasteiger partial charge in [-0.05, 0) is 87.5 Å². The molecule has 2 heterocycles. The van der Waals surface area contributed by atoms with E-state index in [0.717, 1.165) is 38.1 Å². The van der Waals surface area contributed by atoms with Crippen LogP contribution in [0.4, 0.5) is 21.6 Å². The summed E-state index contributed by atoms with van der Waals surface area (Å²) in [5.41, 5.74) is 0.931. The van der Waals surface area contributed by atoms with Crippen LogP contribution in [-0.4, -0.2) is 46.7 Å². The molecular formula is C26H25ClFN5O3. The Balaban J connectivity index is 1.42. The number of hydrogen-bond donors (Lipinski definition) is 3. The second kappa shape index (κ2) is 11.3. The number of likely N-dealkylation sites (tertiary alicyclic amines) is 1. The minimum Gasteiger partial charge on any atom is -0.325 e. The van der Waals surface area contributed by atoms with Crippen molar-refractivity contribution in [3.05, 3.63) is 82.8 Å². The van der Waals surface area contributed by atoms with Crippen molar-refractivity contribution >= 4 is 46.5 Å². The zero-order chi connectivity index (χ0) is 25.7. The predicted molar refractivity (Wildman–Crippen MR) is 137 cm³/mol. The maximum atomic E-state index is 13.9. The van der Waals surface area contributed by atoms with Crippen molar-refractivity contribution in [2.24, 2.45) is 0 Å². The molecule has 4 rings (SSSR count). The number of hydrogen-bond acceptors (Lipinski definition) is 5. The highest BCUT2D eigenvalue weighted by molar-refractivity contribution is 6.30. The second-order valence-electron chi connectivity index (χ2n) is 8.45. The van der Waals surface area contributed by atoms with Gasteiger partial charge in [-0.3, -0.25) is 19.3 Å².